The first-order valence-corrected chi connectivity index (χ1v) is 13.7. The monoisotopic (exact) mass is 464 g/mol. The summed E-state index contributed by atoms with van der Waals surface area (Å²) in [4.78, 5) is 14.2. The molecule has 0 saturated heterocycles. The molecule has 4 nitrogen and oxygen atoms in total. The second kappa shape index (κ2) is 6.73. The van der Waals surface area contributed by atoms with Gasteiger partial charge in [-0.25, -0.2) is 0 Å². The van der Waals surface area contributed by atoms with E-state index in [1.807, 2.05) is 42.5 Å². The quantitative estimate of drug-likeness (QED) is 0.402. The number of carbonyl (C=O) groups excluding carboxylic acids is 1. The van der Waals surface area contributed by atoms with Gasteiger partial charge in [-0.3, -0.25) is 4.79 Å². The summed E-state index contributed by atoms with van der Waals surface area (Å²) in [6.45, 7) is 0. The fraction of sp³-hybridized carbons (Fsp3) is 0.423. The average molecular weight is 465 g/mol. The summed E-state index contributed by atoms with van der Waals surface area (Å²) < 4.78 is 20.3. The first-order valence-electron chi connectivity index (χ1n) is 11.6. The molecule has 7 rings (SSSR count). The summed E-state index contributed by atoms with van der Waals surface area (Å²) in [5, 5.41) is 0. The molecule has 2 saturated carbocycles. The molecule has 164 valence electrons. The lowest BCUT2D eigenvalue weighted by molar-refractivity contribution is -0.0629. The number of fused-ring (bicyclic) bond motifs is 5. The number of carbonyl (C=O) groups is 1. The van der Waals surface area contributed by atoms with Gasteiger partial charge in [0.05, 0.1) is 16.0 Å². The molecule has 0 bridgehead atoms. The third-order valence-electron chi connectivity index (χ3n) is 7.70. The Hall–Kier alpha value is -2.05. The van der Waals surface area contributed by atoms with Gasteiger partial charge in [0.25, 0.3) is 4.93 Å². The van der Waals surface area contributed by atoms with Crippen LogP contribution in [-0.4, -0.2) is 21.9 Å². The lowest BCUT2D eigenvalue weighted by atomic mass is 9.84. The molecule has 0 unspecified atom stereocenters. The molecule has 2 aliphatic carbocycles. The fourth-order valence-electron chi connectivity index (χ4n) is 6.12. The van der Waals surface area contributed by atoms with Crippen molar-refractivity contribution < 1.29 is 19.0 Å². The van der Waals surface area contributed by atoms with Crippen LogP contribution in [0.5, 0.6) is 11.5 Å². The average Bonchev–Trinajstić information content (AvgIpc) is 3.49. The number of hydrogen-bond donors (Lipinski definition) is 0. The molecule has 3 spiro atoms. The predicted octanol–water partition coefficient (Wildman–Crippen LogP) is 6.76. The van der Waals surface area contributed by atoms with Gasteiger partial charge in [0.2, 0.25) is 5.78 Å². The summed E-state index contributed by atoms with van der Waals surface area (Å²) in [6.07, 6.45) is 8.01. The molecule has 2 aromatic carbocycles. The molecule has 0 aromatic heterocycles. The third kappa shape index (κ3) is 2.40. The number of ketones is 1. The van der Waals surface area contributed by atoms with Crippen LogP contribution in [0.15, 0.2) is 53.4 Å². The van der Waals surface area contributed by atoms with E-state index in [0.29, 0.717) is 11.3 Å². The van der Waals surface area contributed by atoms with Crippen molar-refractivity contribution in [2.45, 2.75) is 67.5 Å². The molecule has 3 aliphatic heterocycles. The van der Waals surface area contributed by atoms with Crippen LogP contribution < -0.4 is 9.47 Å². The van der Waals surface area contributed by atoms with Crippen LogP contribution in [0.4, 0.5) is 0 Å². The zero-order valence-electron chi connectivity index (χ0n) is 17.7. The molecule has 32 heavy (non-hydrogen) atoms. The molecule has 0 amide bonds. The summed E-state index contributed by atoms with van der Waals surface area (Å²) in [7, 11) is 3.25. The van der Waals surface area contributed by atoms with E-state index in [1.165, 1.54) is 0 Å². The Bertz CT molecular complexity index is 1160. The fourth-order valence-corrected chi connectivity index (χ4v) is 9.71. The maximum atomic E-state index is 14.2. The zero-order chi connectivity index (χ0) is 21.4. The maximum Gasteiger partial charge on any atom is 0.266 e. The van der Waals surface area contributed by atoms with Crippen molar-refractivity contribution in [3.63, 3.8) is 0 Å². The number of hydrogen-bond acceptors (Lipinski definition) is 6. The minimum Gasteiger partial charge on any atom is -0.481 e. The van der Waals surface area contributed by atoms with Crippen molar-refractivity contribution in [3.05, 3.63) is 64.6 Å². The number of ether oxygens (including phenoxy) is 3. The molecule has 5 aliphatic rings. The second-order valence-electron chi connectivity index (χ2n) is 9.47. The number of rotatable bonds is 0. The van der Waals surface area contributed by atoms with E-state index in [0.717, 1.165) is 73.3 Å². The van der Waals surface area contributed by atoms with Crippen LogP contribution in [0.3, 0.4) is 0 Å². The van der Waals surface area contributed by atoms with Gasteiger partial charge in [-0.15, -0.1) is 0 Å². The van der Waals surface area contributed by atoms with E-state index in [9.17, 15) is 4.79 Å². The summed E-state index contributed by atoms with van der Waals surface area (Å²) in [5.74, 6) is 2.43. The predicted molar refractivity (Wildman–Crippen MR) is 127 cm³/mol. The van der Waals surface area contributed by atoms with E-state index in [1.54, 1.807) is 21.6 Å². The molecule has 3 heterocycles. The smallest absolute Gasteiger partial charge is 0.266 e. The lowest BCUT2D eigenvalue weighted by Crippen LogP contribution is -2.63. The third-order valence-corrected chi connectivity index (χ3v) is 10.8. The SMILES string of the molecule is O=C1c2ccccc2OC2(CCCC2)[C@@]12OC1=C(SS2)C2(CCCC2)Oc2ccccc21. The number of benzene rings is 2. The van der Waals surface area contributed by atoms with Crippen LogP contribution >= 0.6 is 21.6 Å². The zero-order valence-corrected chi connectivity index (χ0v) is 19.4. The van der Waals surface area contributed by atoms with Crippen LogP contribution in [0, 0.1) is 0 Å². The van der Waals surface area contributed by atoms with E-state index in [-0.39, 0.29) is 11.4 Å². The van der Waals surface area contributed by atoms with Crippen molar-refractivity contribution in [2.24, 2.45) is 0 Å². The van der Waals surface area contributed by atoms with Gasteiger partial charge in [0.15, 0.2) is 5.60 Å². The minimum absolute atomic E-state index is 0.0368. The van der Waals surface area contributed by atoms with Gasteiger partial charge in [-0.2, -0.15) is 0 Å². The highest BCUT2D eigenvalue weighted by Gasteiger charge is 2.68. The van der Waals surface area contributed by atoms with Gasteiger partial charge in [-0.1, -0.05) is 24.3 Å². The largest absolute Gasteiger partial charge is 0.481 e. The van der Waals surface area contributed by atoms with Gasteiger partial charge in [0.1, 0.15) is 22.9 Å². The van der Waals surface area contributed by atoms with E-state index >= 15 is 0 Å². The van der Waals surface area contributed by atoms with Crippen molar-refractivity contribution in [3.8, 4) is 11.5 Å². The Balaban J connectivity index is 1.43. The first kappa shape index (κ1) is 19.4. The number of para-hydroxylation sites is 2. The standard InChI is InChI=1S/C26H24O4S2/c27-22-18-10-2-4-12-20(18)29-25(15-7-8-16-25)26(22)30-21-17-9-1-3-11-19(17)28-24(13-5-6-14-24)23(21)31-32-26/h1-4,9-12H,5-8,13-16H2/t26-/m1/s1. The molecule has 0 radical (unpaired) electrons. The summed E-state index contributed by atoms with van der Waals surface area (Å²) >= 11 is 0. The minimum atomic E-state index is -1.09. The highest BCUT2D eigenvalue weighted by Crippen LogP contribution is 2.67. The van der Waals surface area contributed by atoms with Crippen LogP contribution in [-0.2, 0) is 4.74 Å². The van der Waals surface area contributed by atoms with Gasteiger partial charge < -0.3 is 14.2 Å². The Morgan fingerprint density at radius 3 is 2.09 bits per heavy atom. The Kier molecular flexibility index (Phi) is 4.09. The summed E-state index contributed by atoms with van der Waals surface area (Å²) in [5.41, 5.74) is 0.595. The first-order chi connectivity index (χ1) is 15.7. The Morgan fingerprint density at radius 1 is 0.719 bits per heavy atom. The van der Waals surface area contributed by atoms with Crippen LogP contribution in [0.1, 0.15) is 67.3 Å². The van der Waals surface area contributed by atoms with Crippen molar-refractivity contribution in [2.75, 3.05) is 0 Å². The van der Waals surface area contributed by atoms with Crippen LogP contribution in [0.25, 0.3) is 5.76 Å². The molecule has 1 atom stereocenters. The van der Waals surface area contributed by atoms with Gasteiger partial charge in [0, 0.05) is 0 Å². The van der Waals surface area contributed by atoms with Crippen molar-refractivity contribution in [1.29, 1.82) is 0 Å². The van der Waals surface area contributed by atoms with Gasteiger partial charge >= 0.3 is 0 Å². The van der Waals surface area contributed by atoms with Crippen LogP contribution in [0.2, 0.25) is 0 Å². The van der Waals surface area contributed by atoms with E-state index in [2.05, 4.69) is 6.07 Å². The molecular formula is C26H24O4S2. The maximum absolute atomic E-state index is 14.2. The Labute approximate surface area is 195 Å². The molecule has 2 fully saturated rings. The number of Topliss-reactive ketones (excluding diaryl/α,β-unsaturated/α-hetero) is 1. The molecule has 0 N–H and O–H groups in total. The molecule has 6 heteroatoms. The second-order valence-corrected chi connectivity index (χ2v) is 11.8. The normalized spacial score (nSPS) is 28.7. The molecular weight excluding hydrogens is 440 g/mol. The van der Waals surface area contributed by atoms with Crippen molar-refractivity contribution in [1.82, 2.24) is 0 Å². The van der Waals surface area contributed by atoms with Crippen molar-refractivity contribution >= 4 is 33.1 Å². The lowest BCUT2D eigenvalue weighted by Gasteiger charge is -2.52. The molecule has 2 aromatic rings. The van der Waals surface area contributed by atoms with Gasteiger partial charge in [-0.05, 0) is 97.2 Å². The van der Waals surface area contributed by atoms with E-state index < -0.39 is 10.5 Å². The summed E-state index contributed by atoms with van der Waals surface area (Å²) in [6, 6.07) is 15.7. The Morgan fingerprint density at radius 2 is 1.34 bits per heavy atom. The topological polar surface area (TPSA) is 44.8 Å². The van der Waals surface area contributed by atoms with E-state index in [4.69, 9.17) is 14.2 Å². The highest BCUT2D eigenvalue weighted by atomic mass is 33.1. The highest BCUT2D eigenvalue weighted by molar-refractivity contribution is 8.79.